The van der Waals surface area contributed by atoms with Crippen molar-refractivity contribution < 1.29 is 17.9 Å². The molecule has 1 aliphatic rings. The summed E-state index contributed by atoms with van der Waals surface area (Å²) in [6, 6.07) is 0.435. The Hall–Kier alpha value is -0.740. The van der Waals surface area contributed by atoms with Gasteiger partial charge in [-0.1, -0.05) is 11.6 Å². The molecule has 116 valence electrons. The normalized spacial score (nSPS) is 20.2. The van der Waals surface area contributed by atoms with Gasteiger partial charge < -0.3 is 10.1 Å². The molecule has 1 N–H and O–H groups in total. The zero-order valence-corrected chi connectivity index (χ0v) is 14.2. The van der Waals surface area contributed by atoms with Gasteiger partial charge in [-0.2, -0.15) is 4.31 Å². The summed E-state index contributed by atoms with van der Waals surface area (Å²) in [6.07, 6.45) is 1.40. The standard InChI is InChI=1S/C11H13BrClN3O4S/c1-14-11(17)8-6-20-3-2-16(8)21(18,19)9-4-7(12)5-15-10(9)13/h4-5,8H,2-3,6H2,1H3,(H,14,17). The molecule has 0 bridgehead atoms. The number of ether oxygens (including phenoxy) is 1. The van der Waals surface area contributed by atoms with Gasteiger partial charge in [-0.25, -0.2) is 13.4 Å². The highest BCUT2D eigenvalue weighted by Crippen LogP contribution is 2.28. The van der Waals surface area contributed by atoms with Crippen LogP contribution in [0.1, 0.15) is 0 Å². The van der Waals surface area contributed by atoms with Crippen LogP contribution in [0.2, 0.25) is 5.15 Å². The van der Waals surface area contributed by atoms with Gasteiger partial charge in [0.2, 0.25) is 15.9 Å². The van der Waals surface area contributed by atoms with Crippen molar-refractivity contribution in [1.82, 2.24) is 14.6 Å². The third kappa shape index (κ3) is 3.37. The maximum atomic E-state index is 12.7. The molecule has 7 nitrogen and oxygen atoms in total. The minimum atomic E-state index is -3.95. The van der Waals surface area contributed by atoms with Crippen LogP contribution in [-0.2, 0) is 19.6 Å². The number of hydrogen-bond acceptors (Lipinski definition) is 5. The number of hydrogen-bond donors (Lipinski definition) is 1. The van der Waals surface area contributed by atoms with Crippen molar-refractivity contribution in [3.05, 3.63) is 21.9 Å². The predicted molar refractivity (Wildman–Crippen MR) is 79.5 cm³/mol. The van der Waals surface area contributed by atoms with Gasteiger partial charge in [0.15, 0.2) is 0 Å². The summed E-state index contributed by atoms with van der Waals surface area (Å²) >= 11 is 9.05. The number of pyridine rings is 1. The summed E-state index contributed by atoms with van der Waals surface area (Å²) in [7, 11) is -2.51. The van der Waals surface area contributed by atoms with E-state index in [1.54, 1.807) is 0 Å². The second kappa shape index (κ2) is 6.57. The number of likely N-dealkylation sites (N-methyl/N-ethyl adjacent to an activating group) is 1. The maximum Gasteiger partial charge on any atom is 0.247 e. The van der Waals surface area contributed by atoms with Crippen LogP contribution in [0.3, 0.4) is 0 Å². The molecule has 1 fully saturated rings. The van der Waals surface area contributed by atoms with E-state index in [2.05, 4.69) is 26.2 Å². The van der Waals surface area contributed by atoms with Crippen LogP contribution in [0.5, 0.6) is 0 Å². The lowest BCUT2D eigenvalue weighted by atomic mass is 10.2. The average Bonchev–Trinajstić information content (AvgIpc) is 2.48. The van der Waals surface area contributed by atoms with Gasteiger partial charge in [-0.05, 0) is 22.0 Å². The van der Waals surface area contributed by atoms with Crippen LogP contribution in [-0.4, -0.2) is 56.5 Å². The van der Waals surface area contributed by atoms with Crippen molar-refractivity contribution in [2.24, 2.45) is 0 Å². The predicted octanol–water partition coefficient (Wildman–Crippen LogP) is 0.633. The average molecular weight is 399 g/mol. The van der Waals surface area contributed by atoms with E-state index in [-0.39, 0.29) is 29.8 Å². The fourth-order valence-electron chi connectivity index (χ4n) is 1.96. The lowest BCUT2D eigenvalue weighted by Gasteiger charge is -2.33. The van der Waals surface area contributed by atoms with Gasteiger partial charge in [0.1, 0.15) is 16.1 Å². The summed E-state index contributed by atoms with van der Waals surface area (Å²) in [5, 5.41) is 2.29. The number of aromatic nitrogens is 1. The molecule has 0 aliphatic carbocycles. The SMILES string of the molecule is CNC(=O)C1COCCN1S(=O)(=O)c1cc(Br)cnc1Cl. The van der Waals surface area contributed by atoms with Crippen molar-refractivity contribution in [1.29, 1.82) is 0 Å². The van der Waals surface area contributed by atoms with Crippen molar-refractivity contribution in [3.63, 3.8) is 0 Å². The number of amides is 1. The van der Waals surface area contributed by atoms with Gasteiger partial charge in [-0.15, -0.1) is 0 Å². The molecule has 21 heavy (non-hydrogen) atoms. The summed E-state index contributed by atoms with van der Waals surface area (Å²) < 4.78 is 32.2. The number of rotatable bonds is 3. The second-order valence-corrected chi connectivity index (χ2v) is 7.40. The fourth-order valence-corrected chi connectivity index (χ4v) is 4.44. The number of nitrogens with one attached hydrogen (secondary N) is 1. The van der Waals surface area contributed by atoms with Gasteiger partial charge in [0.25, 0.3) is 0 Å². The highest BCUT2D eigenvalue weighted by molar-refractivity contribution is 9.10. The van der Waals surface area contributed by atoms with Crippen LogP contribution >= 0.6 is 27.5 Å². The first-order valence-electron chi connectivity index (χ1n) is 6.00. The zero-order valence-electron chi connectivity index (χ0n) is 11.0. The molecular weight excluding hydrogens is 386 g/mol. The fraction of sp³-hybridized carbons (Fsp3) is 0.455. The van der Waals surface area contributed by atoms with Crippen molar-refractivity contribution in [2.75, 3.05) is 26.8 Å². The lowest BCUT2D eigenvalue weighted by molar-refractivity contribution is -0.128. The molecule has 0 radical (unpaired) electrons. The lowest BCUT2D eigenvalue weighted by Crippen LogP contribution is -2.55. The van der Waals surface area contributed by atoms with E-state index < -0.39 is 22.0 Å². The topological polar surface area (TPSA) is 88.6 Å². The van der Waals surface area contributed by atoms with Crippen molar-refractivity contribution >= 4 is 43.5 Å². The van der Waals surface area contributed by atoms with Crippen molar-refractivity contribution in [2.45, 2.75) is 10.9 Å². The zero-order chi connectivity index (χ0) is 15.6. The Bertz CT molecular complexity index is 655. The first kappa shape index (κ1) is 16.6. The van der Waals surface area contributed by atoms with Gasteiger partial charge in [-0.3, -0.25) is 4.79 Å². The largest absolute Gasteiger partial charge is 0.378 e. The summed E-state index contributed by atoms with van der Waals surface area (Å²) in [5.41, 5.74) is 0. The summed E-state index contributed by atoms with van der Waals surface area (Å²) in [5.74, 6) is -0.433. The van der Waals surface area contributed by atoms with Gasteiger partial charge in [0, 0.05) is 24.3 Å². The molecule has 2 heterocycles. The third-order valence-corrected chi connectivity index (χ3v) is 5.76. The van der Waals surface area contributed by atoms with E-state index in [0.29, 0.717) is 4.47 Å². The van der Waals surface area contributed by atoms with E-state index >= 15 is 0 Å². The third-order valence-electron chi connectivity index (χ3n) is 2.99. The Kier molecular flexibility index (Phi) is 5.20. The highest BCUT2D eigenvalue weighted by Gasteiger charge is 2.39. The monoisotopic (exact) mass is 397 g/mol. The molecule has 2 rings (SSSR count). The Balaban J connectivity index is 2.45. The maximum absolute atomic E-state index is 12.7. The summed E-state index contributed by atoms with van der Waals surface area (Å²) in [4.78, 5) is 15.5. The van der Waals surface area contributed by atoms with Crippen LogP contribution in [0.25, 0.3) is 0 Å². The molecule has 1 unspecified atom stereocenters. The van der Waals surface area contributed by atoms with Crippen LogP contribution in [0.15, 0.2) is 21.6 Å². The minimum absolute atomic E-state index is 0.00203. The Morgan fingerprint density at radius 2 is 2.33 bits per heavy atom. The van der Waals surface area contributed by atoms with E-state index in [4.69, 9.17) is 16.3 Å². The van der Waals surface area contributed by atoms with Crippen molar-refractivity contribution in [3.8, 4) is 0 Å². The first-order valence-corrected chi connectivity index (χ1v) is 8.61. The first-order chi connectivity index (χ1) is 9.87. The smallest absolute Gasteiger partial charge is 0.247 e. The number of morpholine rings is 1. The highest BCUT2D eigenvalue weighted by atomic mass is 79.9. The van der Waals surface area contributed by atoms with Crippen LogP contribution < -0.4 is 5.32 Å². The number of nitrogens with zero attached hydrogens (tertiary/aromatic N) is 2. The molecule has 0 saturated carbocycles. The van der Waals surface area contributed by atoms with Gasteiger partial charge >= 0.3 is 0 Å². The molecule has 1 aromatic heterocycles. The molecular formula is C11H13BrClN3O4S. The van der Waals surface area contributed by atoms with E-state index in [9.17, 15) is 13.2 Å². The molecule has 1 amide bonds. The second-order valence-electron chi connectivity index (χ2n) is 4.26. The summed E-state index contributed by atoms with van der Waals surface area (Å²) in [6.45, 7) is 0.285. The molecule has 10 heteroatoms. The van der Waals surface area contributed by atoms with E-state index in [1.165, 1.54) is 19.3 Å². The Morgan fingerprint density at radius 1 is 1.62 bits per heavy atom. The molecule has 0 spiro atoms. The number of halogens is 2. The van der Waals surface area contributed by atoms with E-state index in [1.807, 2.05) is 0 Å². The molecule has 0 aromatic carbocycles. The van der Waals surface area contributed by atoms with Crippen LogP contribution in [0.4, 0.5) is 0 Å². The Labute approximate surface area is 135 Å². The minimum Gasteiger partial charge on any atom is -0.378 e. The molecule has 1 aromatic rings. The quantitative estimate of drug-likeness (QED) is 0.755. The molecule has 1 aliphatic heterocycles. The molecule has 1 saturated heterocycles. The number of sulfonamides is 1. The number of carbonyl (C=O) groups excluding carboxylic acids is 1. The Morgan fingerprint density at radius 3 is 3.00 bits per heavy atom. The van der Waals surface area contributed by atoms with Gasteiger partial charge in [0.05, 0.1) is 13.2 Å². The van der Waals surface area contributed by atoms with E-state index in [0.717, 1.165) is 4.31 Å². The molecule has 1 atom stereocenters. The number of carbonyl (C=O) groups is 1. The van der Waals surface area contributed by atoms with Crippen LogP contribution in [0, 0.1) is 0 Å².